The van der Waals surface area contributed by atoms with Gasteiger partial charge in [0.25, 0.3) is 5.91 Å². The molecular weight excluding hydrogens is 356 g/mol. The number of nitrogens with one attached hydrogen (secondary N) is 1. The molecule has 0 saturated carbocycles. The van der Waals surface area contributed by atoms with Crippen LogP contribution in [0.25, 0.3) is 0 Å². The molecule has 1 aliphatic heterocycles. The normalized spacial score (nSPS) is 14.5. The average Bonchev–Trinajstić information content (AvgIpc) is 2.74. The second-order valence-electron chi connectivity index (χ2n) is 6.98. The smallest absolute Gasteiger partial charge is 0.335 e. The van der Waals surface area contributed by atoms with Crippen molar-refractivity contribution in [3.63, 3.8) is 0 Å². The maximum atomic E-state index is 12.5. The van der Waals surface area contributed by atoms with Gasteiger partial charge >= 0.3 is 5.97 Å². The fraction of sp³-hybridized carbons (Fsp3) is 0.318. The summed E-state index contributed by atoms with van der Waals surface area (Å²) < 4.78 is 0. The highest BCUT2D eigenvalue weighted by molar-refractivity contribution is 5.94. The van der Waals surface area contributed by atoms with E-state index in [1.54, 1.807) is 24.3 Å². The fourth-order valence-electron chi connectivity index (χ4n) is 3.40. The number of piperidine rings is 1. The molecule has 1 fully saturated rings. The molecular formula is C22H24N2O4. The SMILES string of the molecule is O=C(O)c1ccc(CCNC(=O)C2CCN(C(=O)c3ccccc3)CC2)cc1. The van der Waals surface area contributed by atoms with Crippen LogP contribution in [-0.4, -0.2) is 47.4 Å². The van der Waals surface area contributed by atoms with Crippen molar-refractivity contribution >= 4 is 17.8 Å². The van der Waals surface area contributed by atoms with Gasteiger partial charge in [0.05, 0.1) is 5.56 Å². The molecule has 0 aromatic heterocycles. The Labute approximate surface area is 164 Å². The van der Waals surface area contributed by atoms with Crippen molar-refractivity contribution in [3.8, 4) is 0 Å². The second-order valence-corrected chi connectivity index (χ2v) is 6.98. The number of aromatic carboxylic acids is 1. The standard InChI is InChI=1S/C22H24N2O4/c25-20(23-13-10-16-6-8-19(9-7-16)22(27)28)17-11-14-24(15-12-17)21(26)18-4-2-1-3-5-18/h1-9,17H,10-15H2,(H,23,25)(H,27,28). The van der Waals surface area contributed by atoms with Crippen molar-refractivity contribution in [2.24, 2.45) is 5.92 Å². The summed E-state index contributed by atoms with van der Waals surface area (Å²) in [5.74, 6) is -0.982. The Kier molecular flexibility index (Phi) is 6.42. The molecule has 0 aliphatic carbocycles. The summed E-state index contributed by atoms with van der Waals surface area (Å²) in [5, 5.41) is 11.9. The van der Waals surface area contributed by atoms with Crippen molar-refractivity contribution in [2.45, 2.75) is 19.3 Å². The van der Waals surface area contributed by atoms with Crippen LogP contribution in [0.4, 0.5) is 0 Å². The number of hydrogen-bond donors (Lipinski definition) is 2. The first-order valence-electron chi connectivity index (χ1n) is 9.49. The first-order valence-corrected chi connectivity index (χ1v) is 9.49. The summed E-state index contributed by atoms with van der Waals surface area (Å²) in [7, 11) is 0. The lowest BCUT2D eigenvalue weighted by Gasteiger charge is -2.31. The molecule has 0 radical (unpaired) electrons. The Morgan fingerprint density at radius 2 is 1.57 bits per heavy atom. The van der Waals surface area contributed by atoms with Gasteiger partial charge in [0.2, 0.25) is 5.91 Å². The summed E-state index contributed by atoms with van der Waals surface area (Å²) in [6, 6.07) is 15.9. The zero-order valence-electron chi connectivity index (χ0n) is 15.6. The van der Waals surface area contributed by atoms with Gasteiger partial charge in [0.1, 0.15) is 0 Å². The monoisotopic (exact) mass is 380 g/mol. The van der Waals surface area contributed by atoms with Crippen molar-refractivity contribution in [3.05, 3.63) is 71.3 Å². The Morgan fingerprint density at radius 3 is 2.18 bits per heavy atom. The molecule has 146 valence electrons. The van der Waals surface area contributed by atoms with E-state index in [4.69, 9.17) is 5.11 Å². The van der Waals surface area contributed by atoms with Crippen LogP contribution in [-0.2, 0) is 11.2 Å². The van der Waals surface area contributed by atoms with E-state index in [1.807, 2.05) is 35.2 Å². The molecule has 0 atom stereocenters. The quantitative estimate of drug-likeness (QED) is 0.806. The molecule has 0 spiro atoms. The van der Waals surface area contributed by atoms with Gasteiger partial charge in [-0.1, -0.05) is 30.3 Å². The minimum absolute atomic E-state index is 0.0178. The molecule has 1 heterocycles. The van der Waals surface area contributed by atoms with E-state index in [0.29, 0.717) is 44.5 Å². The Morgan fingerprint density at radius 1 is 0.929 bits per heavy atom. The third-order valence-electron chi connectivity index (χ3n) is 5.09. The lowest BCUT2D eigenvalue weighted by atomic mass is 9.95. The van der Waals surface area contributed by atoms with Gasteiger partial charge in [-0.05, 0) is 49.1 Å². The van der Waals surface area contributed by atoms with E-state index in [-0.39, 0.29) is 23.3 Å². The van der Waals surface area contributed by atoms with Gasteiger partial charge in [-0.3, -0.25) is 9.59 Å². The highest BCUT2D eigenvalue weighted by Gasteiger charge is 2.27. The highest BCUT2D eigenvalue weighted by Crippen LogP contribution is 2.19. The predicted molar refractivity (Wildman–Crippen MR) is 105 cm³/mol. The number of benzene rings is 2. The van der Waals surface area contributed by atoms with Crippen LogP contribution in [0.15, 0.2) is 54.6 Å². The van der Waals surface area contributed by atoms with E-state index in [2.05, 4.69) is 5.32 Å². The molecule has 0 bridgehead atoms. The zero-order valence-corrected chi connectivity index (χ0v) is 15.6. The van der Waals surface area contributed by atoms with Crippen molar-refractivity contribution in [1.82, 2.24) is 10.2 Å². The summed E-state index contributed by atoms with van der Waals surface area (Å²) >= 11 is 0. The topological polar surface area (TPSA) is 86.7 Å². The number of likely N-dealkylation sites (tertiary alicyclic amines) is 1. The van der Waals surface area contributed by atoms with Gasteiger partial charge < -0.3 is 15.3 Å². The molecule has 6 nitrogen and oxygen atoms in total. The van der Waals surface area contributed by atoms with Crippen LogP contribution in [0.2, 0.25) is 0 Å². The van der Waals surface area contributed by atoms with Crippen LogP contribution in [0.3, 0.4) is 0 Å². The van der Waals surface area contributed by atoms with Crippen molar-refractivity contribution in [2.75, 3.05) is 19.6 Å². The minimum atomic E-state index is -0.947. The maximum absolute atomic E-state index is 12.5. The molecule has 2 aromatic rings. The Hall–Kier alpha value is -3.15. The number of hydrogen-bond acceptors (Lipinski definition) is 3. The van der Waals surface area contributed by atoms with E-state index >= 15 is 0 Å². The molecule has 2 aromatic carbocycles. The fourth-order valence-corrected chi connectivity index (χ4v) is 3.40. The van der Waals surface area contributed by atoms with Gasteiger partial charge in [0, 0.05) is 31.1 Å². The lowest BCUT2D eigenvalue weighted by molar-refractivity contribution is -0.126. The zero-order chi connectivity index (χ0) is 19.9. The van der Waals surface area contributed by atoms with Gasteiger partial charge in [-0.2, -0.15) is 0 Å². The molecule has 28 heavy (non-hydrogen) atoms. The van der Waals surface area contributed by atoms with Crippen molar-refractivity contribution < 1.29 is 19.5 Å². The number of carboxylic acids is 1. The summed E-state index contributed by atoms with van der Waals surface area (Å²) in [6.45, 7) is 1.68. The minimum Gasteiger partial charge on any atom is -0.478 e. The van der Waals surface area contributed by atoms with Gasteiger partial charge in [-0.25, -0.2) is 4.79 Å². The molecule has 2 amide bonds. The van der Waals surface area contributed by atoms with E-state index in [0.717, 1.165) is 5.56 Å². The molecule has 3 rings (SSSR count). The van der Waals surface area contributed by atoms with E-state index in [9.17, 15) is 14.4 Å². The lowest BCUT2D eigenvalue weighted by Crippen LogP contribution is -2.43. The van der Waals surface area contributed by atoms with Crippen LogP contribution in [0.5, 0.6) is 0 Å². The van der Waals surface area contributed by atoms with Crippen LogP contribution in [0, 0.1) is 5.92 Å². The number of rotatable bonds is 6. The largest absolute Gasteiger partial charge is 0.478 e. The summed E-state index contributed by atoms with van der Waals surface area (Å²) in [4.78, 5) is 37.5. The maximum Gasteiger partial charge on any atom is 0.335 e. The first-order chi connectivity index (χ1) is 13.5. The van der Waals surface area contributed by atoms with E-state index < -0.39 is 5.97 Å². The summed E-state index contributed by atoms with van der Waals surface area (Å²) in [5.41, 5.74) is 1.91. The Balaban J connectivity index is 1.41. The van der Waals surface area contributed by atoms with Crippen LogP contribution >= 0.6 is 0 Å². The number of carboxylic acid groups (broad SMARTS) is 1. The molecule has 0 unspecified atom stereocenters. The number of amides is 2. The Bertz CT molecular complexity index is 825. The van der Waals surface area contributed by atoms with Crippen molar-refractivity contribution in [1.29, 1.82) is 0 Å². The third-order valence-corrected chi connectivity index (χ3v) is 5.09. The summed E-state index contributed by atoms with van der Waals surface area (Å²) in [6.07, 6.45) is 1.98. The third kappa shape index (κ3) is 4.97. The van der Waals surface area contributed by atoms with Crippen LogP contribution in [0.1, 0.15) is 39.1 Å². The predicted octanol–water partition coefficient (Wildman–Crippen LogP) is 2.60. The van der Waals surface area contributed by atoms with E-state index in [1.165, 1.54) is 0 Å². The number of nitrogens with zero attached hydrogens (tertiary/aromatic N) is 1. The first kappa shape index (κ1) is 19.6. The molecule has 2 N–H and O–H groups in total. The number of carbonyl (C=O) groups excluding carboxylic acids is 2. The molecule has 6 heteroatoms. The number of carbonyl (C=O) groups is 3. The second kappa shape index (κ2) is 9.17. The highest BCUT2D eigenvalue weighted by atomic mass is 16.4. The average molecular weight is 380 g/mol. The van der Waals surface area contributed by atoms with Gasteiger partial charge in [-0.15, -0.1) is 0 Å². The van der Waals surface area contributed by atoms with Crippen LogP contribution < -0.4 is 5.32 Å². The molecule has 1 saturated heterocycles. The van der Waals surface area contributed by atoms with Gasteiger partial charge in [0.15, 0.2) is 0 Å². The molecule has 1 aliphatic rings.